The van der Waals surface area contributed by atoms with Crippen molar-refractivity contribution < 1.29 is 19.1 Å². The third-order valence-electron chi connectivity index (χ3n) is 7.99. The molecular formula is C36H40N2O4S2. The fraction of sp³-hybridized carbons (Fsp3) is 0.444. The first-order valence-corrected chi connectivity index (χ1v) is 16.9. The average Bonchev–Trinajstić information content (AvgIpc) is 3.45. The quantitative estimate of drug-likeness (QED) is 0.109. The third kappa shape index (κ3) is 9.03. The van der Waals surface area contributed by atoms with E-state index >= 15 is 0 Å². The maximum atomic E-state index is 13.2. The molecule has 0 spiro atoms. The summed E-state index contributed by atoms with van der Waals surface area (Å²) in [7, 11) is 0. The summed E-state index contributed by atoms with van der Waals surface area (Å²) in [5.74, 6) is -0.349. The maximum Gasteiger partial charge on any atom is 0.314 e. The van der Waals surface area contributed by atoms with Crippen LogP contribution in [0.3, 0.4) is 0 Å². The first-order valence-electron chi connectivity index (χ1n) is 15.3. The van der Waals surface area contributed by atoms with Gasteiger partial charge in [0.2, 0.25) is 0 Å². The summed E-state index contributed by atoms with van der Waals surface area (Å²) >= 11 is 2.41. The minimum absolute atomic E-state index is 0.0260. The minimum atomic E-state index is -0.297. The number of carbonyl (C=O) groups excluding carboxylic acids is 2. The average molecular weight is 629 g/mol. The van der Waals surface area contributed by atoms with E-state index in [1.165, 1.54) is 45.8 Å². The molecule has 0 bridgehead atoms. The van der Waals surface area contributed by atoms with E-state index in [2.05, 4.69) is 52.0 Å². The summed E-state index contributed by atoms with van der Waals surface area (Å²) in [6.07, 6.45) is 17.4. The second-order valence-corrected chi connectivity index (χ2v) is 14.3. The molecule has 6 nitrogen and oxygen atoms in total. The van der Waals surface area contributed by atoms with Gasteiger partial charge in [0.15, 0.2) is 0 Å². The Morgan fingerprint density at radius 2 is 1.23 bits per heavy atom. The van der Waals surface area contributed by atoms with Gasteiger partial charge in [-0.05, 0) is 104 Å². The Kier molecular flexibility index (Phi) is 12.2. The number of nitrogens with zero attached hydrogens (tertiary/aromatic N) is 2. The number of hydrogen-bond acceptors (Lipinski definition) is 8. The van der Waals surface area contributed by atoms with Crippen LogP contribution in [0.1, 0.15) is 91.9 Å². The van der Waals surface area contributed by atoms with Crippen LogP contribution >= 0.6 is 23.5 Å². The van der Waals surface area contributed by atoms with E-state index in [1.807, 2.05) is 12.1 Å². The second-order valence-electron chi connectivity index (χ2n) is 12.0. The zero-order valence-electron chi connectivity index (χ0n) is 26.0. The van der Waals surface area contributed by atoms with Gasteiger partial charge in [0, 0.05) is 0 Å². The van der Waals surface area contributed by atoms with Crippen molar-refractivity contribution in [3.8, 4) is 23.6 Å². The van der Waals surface area contributed by atoms with Gasteiger partial charge in [-0.1, -0.05) is 70.1 Å². The molecule has 0 N–H and O–H groups in total. The smallest absolute Gasteiger partial charge is 0.314 e. The lowest BCUT2D eigenvalue weighted by Gasteiger charge is -2.22. The number of rotatable bonds is 10. The summed E-state index contributed by atoms with van der Waals surface area (Å²) in [5.41, 5.74) is 5.37. The Balaban J connectivity index is 1.46. The minimum Gasteiger partial charge on any atom is -0.425 e. The highest BCUT2D eigenvalue weighted by atomic mass is 32.2. The van der Waals surface area contributed by atoms with Gasteiger partial charge in [-0.25, -0.2) is 0 Å². The number of nitriles is 2. The molecule has 44 heavy (non-hydrogen) atoms. The topological polar surface area (TPSA) is 100 Å². The SMILES string of the molecule is CC(C)=CCCC1=CCC(C(=O)Oc2ccc(OC(=O)C3CC=C(CCC=C(C)C)CC3)c3c2SC(=C(C#N)C#N)S3)CC1. The first kappa shape index (κ1) is 33.4. The number of hydrogen-bond donors (Lipinski definition) is 0. The van der Waals surface area contributed by atoms with Gasteiger partial charge in [-0.2, -0.15) is 10.5 Å². The molecule has 1 heterocycles. The largest absolute Gasteiger partial charge is 0.425 e. The predicted molar refractivity (Wildman–Crippen MR) is 176 cm³/mol. The summed E-state index contributed by atoms with van der Waals surface area (Å²) in [6, 6.07) is 7.19. The molecule has 4 rings (SSSR count). The molecule has 0 saturated heterocycles. The molecule has 2 unspecified atom stereocenters. The molecule has 8 heteroatoms. The van der Waals surface area contributed by atoms with E-state index in [0.717, 1.165) is 51.4 Å². The van der Waals surface area contributed by atoms with Crippen molar-refractivity contribution in [2.75, 3.05) is 0 Å². The molecule has 0 aromatic heterocycles. The van der Waals surface area contributed by atoms with Crippen LogP contribution in [0, 0.1) is 34.5 Å². The van der Waals surface area contributed by atoms with Crippen molar-refractivity contribution in [1.29, 1.82) is 10.5 Å². The summed E-state index contributed by atoms with van der Waals surface area (Å²) < 4.78 is 12.3. The Labute approximate surface area is 269 Å². The molecule has 230 valence electrons. The molecule has 1 aromatic rings. The van der Waals surface area contributed by atoms with Crippen molar-refractivity contribution in [2.24, 2.45) is 11.8 Å². The number of ether oxygens (including phenoxy) is 2. The highest BCUT2D eigenvalue weighted by Gasteiger charge is 2.33. The van der Waals surface area contributed by atoms with E-state index in [9.17, 15) is 20.1 Å². The lowest BCUT2D eigenvalue weighted by molar-refractivity contribution is -0.140. The van der Waals surface area contributed by atoms with Crippen LogP contribution in [0.15, 0.2) is 78.3 Å². The number of thioether (sulfide) groups is 2. The molecule has 0 saturated carbocycles. The molecule has 3 aliphatic rings. The van der Waals surface area contributed by atoms with Crippen LogP contribution in [0.2, 0.25) is 0 Å². The van der Waals surface area contributed by atoms with Crippen molar-refractivity contribution in [1.82, 2.24) is 0 Å². The van der Waals surface area contributed by atoms with Crippen molar-refractivity contribution in [2.45, 2.75) is 102 Å². The zero-order valence-corrected chi connectivity index (χ0v) is 27.7. The third-order valence-corrected chi connectivity index (χ3v) is 10.6. The predicted octanol–water partition coefficient (Wildman–Crippen LogP) is 9.90. The molecule has 1 aromatic carbocycles. The number of carbonyl (C=O) groups is 2. The number of esters is 2. The van der Waals surface area contributed by atoms with Gasteiger partial charge in [0.1, 0.15) is 29.2 Å². The normalized spacial score (nSPS) is 18.9. The lowest BCUT2D eigenvalue weighted by Crippen LogP contribution is -2.23. The van der Waals surface area contributed by atoms with E-state index < -0.39 is 0 Å². The van der Waals surface area contributed by atoms with Crippen LogP contribution in [0.4, 0.5) is 0 Å². The van der Waals surface area contributed by atoms with Crippen LogP contribution in [-0.4, -0.2) is 11.9 Å². The summed E-state index contributed by atoms with van der Waals surface area (Å²) in [6.45, 7) is 8.40. The van der Waals surface area contributed by atoms with Crippen molar-refractivity contribution >= 4 is 35.5 Å². The fourth-order valence-electron chi connectivity index (χ4n) is 5.44. The van der Waals surface area contributed by atoms with Crippen molar-refractivity contribution in [3.63, 3.8) is 0 Å². The van der Waals surface area contributed by atoms with Gasteiger partial charge in [-0.15, -0.1) is 0 Å². The van der Waals surface area contributed by atoms with Gasteiger partial charge in [0.25, 0.3) is 0 Å². The number of fused-ring (bicyclic) bond motifs is 1. The van der Waals surface area contributed by atoms with Crippen LogP contribution in [-0.2, 0) is 9.59 Å². The molecule has 0 radical (unpaired) electrons. The van der Waals surface area contributed by atoms with Gasteiger partial charge >= 0.3 is 11.9 Å². The summed E-state index contributed by atoms with van der Waals surface area (Å²) in [4.78, 5) is 27.6. The maximum absolute atomic E-state index is 13.2. The standard InChI is InChI=1S/C36H40N2O4S2/c1-23(2)7-5-9-25-11-15-27(16-12-25)34(39)41-30-19-20-31(33-32(30)43-36(44-33)29(21-37)22-38)42-35(40)28-17-13-26(14-18-28)10-6-8-24(3)4/h7-8,11,13,19-20,27-28H,5-6,9-10,12,14-18H2,1-4H3. The molecular weight excluding hydrogens is 589 g/mol. The molecule has 2 aliphatic carbocycles. The van der Waals surface area contributed by atoms with E-state index in [-0.39, 0.29) is 29.3 Å². The van der Waals surface area contributed by atoms with Crippen LogP contribution in [0.5, 0.6) is 11.5 Å². The zero-order chi connectivity index (χ0) is 31.6. The van der Waals surface area contributed by atoms with Crippen molar-refractivity contribution in [3.05, 3.63) is 68.5 Å². The molecule has 0 amide bonds. The monoisotopic (exact) mass is 628 g/mol. The molecule has 1 aliphatic heterocycles. The lowest BCUT2D eigenvalue weighted by atomic mass is 9.88. The van der Waals surface area contributed by atoms with Crippen LogP contribution in [0.25, 0.3) is 0 Å². The molecule has 0 fully saturated rings. The number of benzene rings is 1. The molecule has 2 atom stereocenters. The van der Waals surface area contributed by atoms with Gasteiger partial charge < -0.3 is 9.47 Å². The highest BCUT2D eigenvalue weighted by molar-refractivity contribution is 8.24. The van der Waals surface area contributed by atoms with Crippen LogP contribution < -0.4 is 9.47 Å². The summed E-state index contributed by atoms with van der Waals surface area (Å²) in [5, 5.41) is 19.0. The first-order chi connectivity index (χ1) is 21.2. The Hall–Kier alpha value is -3.46. The Morgan fingerprint density at radius 3 is 1.57 bits per heavy atom. The van der Waals surface area contributed by atoms with E-state index in [0.29, 0.717) is 38.4 Å². The van der Waals surface area contributed by atoms with Gasteiger partial charge in [0.05, 0.1) is 25.9 Å². The van der Waals surface area contributed by atoms with E-state index in [1.54, 1.807) is 12.1 Å². The number of allylic oxidation sites excluding steroid dienone is 9. The highest BCUT2D eigenvalue weighted by Crippen LogP contribution is 2.59. The second kappa shape index (κ2) is 16.0. The van der Waals surface area contributed by atoms with Gasteiger partial charge in [-0.3, -0.25) is 9.59 Å². The Morgan fingerprint density at radius 1 is 0.795 bits per heavy atom. The fourth-order valence-corrected chi connectivity index (χ4v) is 7.92. The Bertz CT molecular complexity index is 1410. The van der Waals surface area contributed by atoms with E-state index in [4.69, 9.17) is 9.47 Å².